The number of aliphatic hydroxyl groups is 1. The standard InChI is InChI=1S/C12H14O2/c1-2-11-7-3-4-8-12(11)14-10-6-5-9-13/h2-8,13H,1,9-10H2/b6-5-. The highest BCUT2D eigenvalue weighted by Crippen LogP contribution is 2.18. The lowest BCUT2D eigenvalue weighted by atomic mass is 10.2. The summed E-state index contributed by atoms with van der Waals surface area (Å²) in [6.45, 7) is 4.21. The first-order valence-corrected chi connectivity index (χ1v) is 4.48. The summed E-state index contributed by atoms with van der Waals surface area (Å²) in [4.78, 5) is 0. The maximum atomic E-state index is 8.51. The van der Waals surface area contributed by atoms with Crippen molar-refractivity contribution < 1.29 is 9.84 Å². The Bertz CT molecular complexity index is 316. The van der Waals surface area contributed by atoms with Crippen LogP contribution in [0.3, 0.4) is 0 Å². The summed E-state index contributed by atoms with van der Waals surface area (Å²) < 4.78 is 5.46. The van der Waals surface area contributed by atoms with Gasteiger partial charge in [0.2, 0.25) is 0 Å². The van der Waals surface area contributed by atoms with E-state index in [9.17, 15) is 0 Å². The average Bonchev–Trinajstić information content (AvgIpc) is 2.25. The molecule has 0 fully saturated rings. The van der Waals surface area contributed by atoms with Gasteiger partial charge < -0.3 is 9.84 Å². The lowest BCUT2D eigenvalue weighted by Gasteiger charge is -2.05. The van der Waals surface area contributed by atoms with Crippen LogP contribution in [-0.2, 0) is 0 Å². The van der Waals surface area contributed by atoms with Gasteiger partial charge in [0.25, 0.3) is 0 Å². The lowest BCUT2D eigenvalue weighted by Crippen LogP contribution is -1.95. The topological polar surface area (TPSA) is 29.5 Å². The molecule has 0 aliphatic rings. The van der Waals surface area contributed by atoms with Gasteiger partial charge in [0, 0.05) is 5.56 Å². The predicted octanol–water partition coefficient (Wildman–Crippen LogP) is 2.26. The van der Waals surface area contributed by atoms with E-state index in [-0.39, 0.29) is 6.61 Å². The number of para-hydroxylation sites is 1. The fourth-order valence-corrected chi connectivity index (χ4v) is 1.06. The van der Waals surface area contributed by atoms with Crippen molar-refractivity contribution in [3.05, 3.63) is 48.6 Å². The van der Waals surface area contributed by atoms with E-state index >= 15 is 0 Å². The molecule has 0 saturated carbocycles. The van der Waals surface area contributed by atoms with Crippen LogP contribution in [0.1, 0.15) is 5.56 Å². The Morgan fingerprint density at radius 3 is 2.79 bits per heavy atom. The number of hydrogen-bond donors (Lipinski definition) is 1. The Hall–Kier alpha value is -1.54. The quantitative estimate of drug-likeness (QED) is 0.722. The number of hydrogen-bond acceptors (Lipinski definition) is 2. The SMILES string of the molecule is C=Cc1ccccc1OC/C=C\CO. The first-order valence-electron chi connectivity index (χ1n) is 4.48. The largest absolute Gasteiger partial charge is 0.489 e. The Kier molecular flexibility index (Phi) is 4.51. The summed E-state index contributed by atoms with van der Waals surface area (Å²) in [6.07, 6.45) is 5.18. The maximum Gasteiger partial charge on any atom is 0.126 e. The summed E-state index contributed by atoms with van der Waals surface area (Å²) in [6, 6.07) is 7.69. The van der Waals surface area contributed by atoms with Crippen molar-refractivity contribution in [3.8, 4) is 5.75 Å². The predicted molar refractivity (Wildman–Crippen MR) is 58.3 cm³/mol. The average molecular weight is 190 g/mol. The second-order valence-corrected chi connectivity index (χ2v) is 2.71. The van der Waals surface area contributed by atoms with Crippen molar-refractivity contribution in [1.82, 2.24) is 0 Å². The van der Waals surface area contributed by atoms with Crippen molar-refractivity contribution in [1.29, 1.82) is 0 Å². The molecule has 0 amide bonds. The molecule has 14 heavy (non-hydrogen) atoms. The Balaban J connectivity index is 2.57. The molecule has 0 aliphatic heterocycles. The zero-order chi connectivity index (χ0) is 10.2. The van der Waals surface area contributed by atoms with Crippen LogP contribution >= 0.6 is 0 Å². The highest BCUT2D eigenvalue weighted by Gasteiger charge is 1.96. The highest BCUT2D eigenvalue weighted by molar-refractivity contribution is 5.55. The fraction of sp³-hybridized carbons (Fsp3) is 0.167. The zero-order valence-corrected chi connectivity index (χ0v) is 8.02. The monoisotopic (exact) mass is 190 g/mol. The van der Waals surface area contributed by atoms with Crippen molar-refractivity contribution in [3.63, 3.8) is 0 Å². The number of rotatable bonds is 5. The van der Waals surface area contributed by atoms with Gasteiger partial charge in [0.05, 0.1) is 6.61 Å². The van der Waals surface area contributed by atoms with Crippen LogP contribution in [0.4, 0.5) is 0 Å². The van der Waals surface area contributed by atoms with E-state index in [1.165, 1.54) is 0 Å². The normalized spacial score (nSPS) is 10.4. The summed E-state index contributed by atoms with van der Waals surface area (Å²) >= 11 is 0. The number of ether oxygens (including phenoxy) is 1. The maximum absolute atomic E-state index is 8.51. The molecule has 1 aromatic rings. The zero-order valence-electron chi connectivity index (χ0n) is 8.02. The van der Waals surface area contributed by atoms with Crippen molar-refractivity contribution in [2.75, 3.05) is 13.2 Å². The van der Waals surface area contributed by atoms with Crippen LogP contribution in [0.15, 0.2) is 43.0 Å². The van der Waals surface area contributed by atoms with E-state index in [1.807, 2.05) is 24.3 Å². The smallest absolute Gasteiger partial charge is 0.126 e. The minimum Gasteiger partial charge on any atom is -0.489 e. The van der Waals surface area contributed by atoms with Gasteiger partial charge in [-0.25, -0.2) is 0 Å². The molecule has 0 atom stereocenters. The van der Waals surface area contributed by atoms with Crippen LogP contribution in [0.5, 0.6) is 5.75 Å². The molecule has 0 bridgehead atoms. The van der Waals surface area contributed by atoms with Gasteiger partial charge in [-0.3, -0.25) is 0 Å². The minimum absolute atomic E-state index is 0.0481. The van der Waals surface area contributed by atoms with Gasteiger partial charge >= 0.3 is 0 Å². The molecule has 1 rings (SSSR count). The third-order valence-corrected chi connectivity index (χ3v) is 1.75. The van der Waals surface area contributed by atoms with Crippen molar-refractivity contribution in [2.45, 2.75) is 0 Å². The summed E-state index contributed by atoms with van der Waals surface area (Å²) in [5.41, 5.74) is 0.977. The molecule has 0 aromatic heterocycles. The molecular weight excluding hydrogens is 176 g/mol. The third kappa shape index (κ3) is 3.07. The van der Waals surface area contributed by atoms with Gasteiger partial charge in [-0.15, -0.1) is 0 Å². The molecule has 2 nitrogen and oxygen atoms in total. The molecule has 0 aliphatic carbocycles. The Morgan fingerprint density at radius 2 is 2.07 bits per heavy atom. The van der Waals surface area contributed by atoms with E-state index in [4.69, 9.17) is 9.84 Å². The van der Waals surface area contributed by atoms with Crippen molar-refractivity contribution in [2.24, 2.45) is 0 Å². The molecule has 0 spiro atoms. The molecule has 0 radical (unpaired) electrons. The molecule has 0 saturated heterocycles. The second kappa shape index (κ2) is 6.00. The summed E-state index contributed by atoms with van der Waals surface area (Å²) in [7, 11) is 0. The van der Waals surface area contributed by atoms with Gasteiger partial charge in [-0.2, -0.15) is 0 Å². The van der Waals surface area contributed by atoms with Gasteiger partial charge in [0.1, 0.15) is 12.4 Å². The third-order valence-electron chi connectivity index (χ3n) is 1.75. The van der Waals surface area contributed by atoms with Crippen molar-refractivity contribution >= 4 is 6.08 Å². The number of aliphatic hydroxyl groups excluding tert-OH is 1. The summed E-state index contributed by atoms with van der Waals surface area (Å²) in [5.74, 6) is 0.810. The lowest BCUT2D eigenvalue weighted by molar-refractivity contribution is 0.336. The first kappa shape index (κ1) is 10.5. The van der Waals surface area contributed by atoms with Crippen LogP contribution in [0, 0.1) is 0 Å². The van der Waals surface area contributed by atoms with E-state index in [2.05, 4.69) is 6.58 Å². The molecular formula is C12H14O2. The summed E-state index contributed by atoms with van der Waals surface area (Å²) in [5, 5.41) is 8.51. The molecule has 0 unspecified atom stereocenters. The van der Waals surface area contributed by atoms with Gasteiger partial charge in [-0.05, 0) is 12.1 Å². The van der Waals surface area contributed by atoms with Gasteiger partial charge in [0.15, 0.2) is 0 Å². The van der Waals surface area contributed by atoms with Gasteiger partial charge in [-0.1, -0.05) is 36.9 Å². The van der Waals surface area contributed by atoms with E-state index < -0.39 is 0 Å². The molecule has 1 N–H and O–H groups in total. The molecule has 1 aromatic carbocycles. The first-order chi connectivity index (χ1) is 6.88. The van der Waals surface area contributed by atoms with Crippen LogP contribution in [0.25, 0.3) is 6.08 Å². The van der Waals surface area contributed by atoms with Crippen LogP contribution in [0.2, 0.25) is 0 Å². The molecule has 0 heterocycles. The van der Waals surface area contributed by atoms with E-state index in [0.29, 0.717) is 6.61 Å². The Morgan fingerprint density at radius 1 is 1.29 bits per heavy atom. The highest BCUT2D eigenvalue weighted by atomic mass is 16.5. The minimum atomic E-state index is 0.0481. The Labute approximate surface area is 84.1 Å². The molecule has 74 valence electrons. The van der Waals surface area contributed by atoms with E-state index in [0.717, 1.165) is 11.3 Å². The fourth-order valence-electron chi connectivity index (χ4n) is 1.06. The van der Waals surface area contributed by atoms with E-state index in [1.54, 1.807) is 18.2 Å². The number of benzene rings is 1. The molecule has 2 heteroatoms. The second-order valence-electron chi connectivity index (χ2n) is 2.71. The van der Waals surface area contributed by atoms with Crippen LogP contribution < -0.4 is 4.74 Å². The van der Waals surface area contributed by atoms with Crippen LogP contribution in [-0.4, -0.2) is 18.3 Å².